The maximum absolute atomic E-state index is 11.9. The highest BCUT2D eigenvalue weighted by Gasteiger charge is 2.29. The molecule has 0 aliphatic heterocycles. The van der Waals surface area contributed by atoms with Gasteiger partial charge >= 0.3 is 0 Å². The average molecular weight is 258 g/mol. The Kier molecular flexibility index (Phi) is 3.34. The van der Waals surface area contributed by atoms with E-state index in [9.17, 15) is 19.5 Å². The van der Waals surface area contributed by atoms with Gasteiger partial charge in [-0.05, 0) is 38.0 Å². The van der Waals surface area contributed by atoms with Gasteiger partial charge in [0.1, 0.15) is 5.75 Å². The molecule has 4 heteroatoms. The summed E-state index contributed by atoms with van der Waals surface area (Å²) < 4.78 is 0. The van der Waals surface area contributed by atoms with Crippen LogP contribution in [0, 0.1) is 0 Å². The molecule has 0 saturated carbocycles. The topological polar surface area (TPSA) is 71.4 Å². The largest absolute Gasteiger partial charge is 0.506 e. The molecule has 0 unspecified atom stereocenters. The highest BCUT2D eigenvalue weighted by Crippen LogP contribution is 2.35. The number of hydrogen-bond acceptors (Lipinski definition) is 4. The number of hydrogen-bond donors (Lipinski definition) is 1. The minimum absolute atomic E-state index is 0.0114. The average Bonchev–Trinajstić information content (AvgIpc) is 2.69. The molecular formula is C15H14O4. The Bertz CT molecular complexity index is 624. The minimum atomic E-state index is -0.412. The molecule has 2 rings (SSSR count). The first-order valence-electron chi connectivity index (χ1n) is 6.07. The van der Waals surface area contributed by atoms with Crippen molar-refractivity contribution in [2.24, 2.45) is 0 Å². The van der Waals surface area contributed by atoms with E-state index in [1.807, 2.05) is 0 Å². The Morgan fingerprint density at radius 3 is 2.58 bits per heavy atom. The zero-order chi connectivity index (χ0) is 14.2. The summed E-state index contributed by atoms with van der Waals surface area (Å²) in [6, 6.07) is 1.40. The number of phenolic OH excluding ortho intramolecular Hbond substituents is 1. The van der Waals surface area contributed by atoms with Gasteiger partial charge in [0.2, 0.25) is 0 Å². The molecule has 1 N–H and O–H groups in total. The summed E-state index contributed by atoms with van der Waals surface area (Å²) in [5, 5.41) is 10.1. The van der Waals surface area contributed by atoms with Crippen molar-refractivity contribution in [2.75, 3.05) is 0 Å². The Morgan fingerprint density at radius 1 is 1.32 bits per heavy atom. The summed E-state index contributed by atoms with van der Waals surface area (Å²) in [7, 11) is 0. The molecule has 0 heterocycles. The summed E-state index contributed by atoms with van der Waals surface area (Å²) in [6.45, 7) is 3.00. The molecule has 0 fully saturated rings. The van der Waals surface area contributed by atoms with Crippen LogP contribution in [0.2, 0.25) is 0 Å². The molecule has 1 aliphatic carbocycles. The van der Waals surface area contributed by atoms with E-state index in [2.05, 4.69) is 0 Å². The van der Waals surface area contributed by atoms with Crippen molar-refractivity contribution >= 4 is 17.3 Å². The third-order valence-corrected chi connectivity index (χ3v) is 3.25. The number of benzene rings is 1. The van der Waals surface area contributed by atoms with Crippen LogP contribution in [-0.2, 0) is 6.42 Å². The smallest absolute Gasteiger partial charge is 0.189 e. The van der Waals surface area contributed by atoms with Crippen LogP contribution in [0.3, 0.4) is 0 Å². The number of aromatic hydroxyl groups is 1. The molecule has 0 atom stereocenters. The van der Waals surface area contributed by atoms with E-state index >= 15 is 0 Å². The Hall–Kier alpha value is -2.23. The van der Waals surface area contributed by atoms with Gasteiger partial charge in [-0.15, -0.1) is 0 Å². The fourth-order valence-corrected chi connectivity index (χ4v) is 2.40. The molecule has 0 spiro atoms. The second-order valence-corrected chi connectivity index (χ2v) is 4.52. The predicted octanol–water partition coefficient (Wildman–Crippen LogP) is 2.48. The fourth-order valence-electron chi connectivity index (χ4n) is 2.40. The molecule has 0 saturated heterocycles. The van der Waals surface area contributed by atoms with Gasteiger partial charge < -0.3 is 5.11 Å². The number of fused-ring (bicyclic) bond motifs is 1. The molecule has 1 aromatic carbocycles. The number of ketones is 3. The van der Waals surface area contributed by atoms with Gasteiger partial charge in [0.15, 0.2) is 17.3 Å². The summed E-state index contributed by atoms with van der Waals surface area (Å²) in [6.07, 6.45) is 3.60. The van der Waals surface area contributed by atoms with Crippen molar-refractivity contribution < 1.29 is 19.5 Å². The molecule has 0 bridgehead atoms. The molecule has 19 heavy (non-hydrogen) atoms. The van der Waals surface area contributed by atoms with E-state index in [-0.39, 0.29) is 28.4 Å². The van der Waals surface area contributed by atoms with Gasteiger partial charge in [-0.3, -0.25) is 14.4 Å². The van der Waals surface area contributed by atoms with Crippen molar-refractivity contribution in [1.29, 1.82) is 0 Å². The molecule has 1 aromatic rings. The summed E-state index contributed by atoms with van der Waals surface area (Å²) >= 11 is 0. The maximum Gasteiger partial charge on any atom is 0.189 e. The first-order valence-corrected chi connectivity index (χ1v) is 6.07. The highest BCUT2D eigenvalue weighted by atomic mass is 16.3. The van der Waals surface area contributed by atoms with Crippen LogP contribution in [0.1, 0.15) is 56.9 Å². The van der Waals surface area contributed by atoms with Crippen molar-refractivity contribution in [1.82, 2.24) is 0 Å². The number of carbonyl (C=O) groups excluding carboxylic acids is 3. The SMILES string of the molecule is CC=CC(=O)c1cc2c(c(C(C)=O)c1O)CCC2=O. The summed E-state index contributed by atoms with van der Waals surface area (Å²) in [5.74, 6) is -1.15. The normalized spacial score (nSPS) is 13.9. The van der Waals surface area contributed by atoms with Gasteiger partial charge in [0.05, 0.1) is 11.1 Å². The van der Waals surface area contributed by atoms with Crippen LogP contribution >= 0.6 is 0 Å². The van der Waals surface area contributed by atoms with E-state index < -0.39 is 5.78 Å². The first-order chi connectivity index (χ1) is 8.97. The van der Waals surface area contributed by atoms with Gasteiger partial charge in [-0.2, -0.15) is 0 Å². The Labute approximate surface area is 110 Å². The van der Waals surface area contributed by atoms with Crippen molar-refractivity contribution in [3.63, 3.8) is 0 Å². The second-order valence-electron chi connectivity index (χ2n) is 4.52. The third kappa shape index (κ3) is 2.10. The summed E-state index contributed by atoms with van der Waals surface area (Å²) in [4.78, 5) is 35.3. The number of Topliss-reactive ketones (excluding diaryl/α,β-unsaturated/α-hetero) is 2. The fraction of sp³-hybridized carbons (Fsp3) is 0.267. The van der Waals surface area contributed by atoms with Gasteiger partial charge in [-0.1, -0.05) is 6.08 Å². The molecule has 0 amide bonds. The molecule has 4 nitrogen and oxygen atoms in total. The van der Waals surface area contributed by atoms with Crippen LogP contribution in [0.15, 0.2) is 18.2 Å². The van der Waals surface area contributed by atoms with Crippen molar-refractivity contribution in [3.05, 3.63) is 40.5 Å². The van der Waals surface area contributed by atoms with E-state index in [0.717, 1.165) is 0 Å². The monoisotopic (exact) mass is 258 g/mol. The molecule has 0 aromatic heterocycles. The van der Waals surface area contributed by atoms with Gasteiger partial charge in [0, 0.05) is 12.0 Å². The summed E-state index contributed by atoms with van der Waals surface area (Å²) in [5.41, 5.74) is 1.07. The van der Waals surface area contributed by atoms with Crippen LogP contribution in [0.25, 0.3) is 0 Å². The van der Waals surface area contributed by atoms with E-state index in [4.69, 9.17) is 0 Å². The van der Waals surface area contributed by atoms with Crippen molar-refractivity contribution in [3.8, 4) is 5.75 Å². The second kappa shape index (κ2) is 4.80. The van der Waals surface area contributed by atoms with E-state index in [1.54, 1.807) is 13.0 Å². The Balaban J connectivity index is 2.75. The lowest BCUT2D eigenvalue weighted by atomic mass is 9.93. The molecule has 98 valence electrons. The van der Waals surface area contributed by atoms with Gasteiger partial charge in [-0.25, -0.2) is 0 Å². The lowest BCUT2D eigenvalue weighted by Gasteiger charge is -2.11. The van der Waals surface area contributed by atoms with Crippen molar-refractivity contribution in [2.45, 2.75) is 26.7 Å². The van der Waals surface area contributed by atoms with Crippen LogP contribution < -0.4 is 0 Å². The first kappa shape index (κ1) is 13.2. The lowest BCUT2D eigenvalue weighted by Crippen LogP contribution is -2.07. The zero-order valence-corrected chi connectivity index (χ0v) is 10.8. The molecule has 1 aliphatic rings. The lowest BCUT2D eigenvalue weighted by molar-refractivity contribution is 0.0992. The molecular weight excluding hydrogens is 244 g/mol. The zero-order valence-electron chi connectivity index (χ0n) is 10.8. The Morgan fingerprint density at radius 2 is 2.00 bits per heavy atom. The highest BCUT2D eigenvalue weighted by molar-refractivity contribution is 6.14. The van der Waals surface area contributed by atoms with Crippen LogP contribution in [0.5, 0.6) is 5.75 Å². The standard InChI is InChI=1S/C15H14O4/c1-3-4-12(17)11-7-10-9(5-6-13(10)18)14(8(2)16)15(11)19/h3-4,7,19H,5-6H2,1-2H3. The maximum atomic E-state index is 11.9. The van der Waals surface area contributed by atoms with Crippen LogP contribution in [-0.4, -0.2) is 22.5 Å². The third-order valence-electron chi connectivity index (χ3n) is 3.25. The number of phenols is 1. The van der Waals surface area contributed by atoms with Crippen LogP contribution in [0.4, 0.5) is 0 Å². The van der Waals surface area contributed by atoms with Gasteiger partial charge in [0.25, 0.3) is 0 Å². The minimum Gasteiger partial charge on any atom is -0.506 e. The molecule has 0 radical (unpaired) electrons. The quantitative estimate of drug-likeness (QED) is 0.667. The predicted molar refractivity (Wildman–Crippen MR) is 69.9 cm³/mol. The number of rotatable bonds is 3. The van der Waals surface area contributed by atoms with E-state index in [0.29, 0.717) is 24.0 Å². The number of allylic oxidation sites excluding steroid dienone is 2. The number of carbonyl (C=O) groups is 3. The van der Waals surface area contributed by atoms with E-state index in [1.165, 1.54) is 19.1 Å².